The maximum absolute atomic E-state index is 13.3. The van der Waals surface area contributed by atoms with Gasteiger partial charge < -0.3 is 14.4 Å². The van der Waals surface area contributed by atoms with E-state index in [9.17, 15) is 14.3 Å². The molecule has 0 radical (unpaired) electrons. The number of halogens is 1. The Bertz CT molecular complexity index is 827. The zero-order valence-electron chi connectivity index (χ0n) is 12.4. The van der Waals surface area contributed by atoms with E-state index in [-0.39, 0.29) is 11.5 Å². The maximum atomic E-state index is 13.3. The van der Waals surface area contributed by atoms with Gasteiger partial charge in [-0.05, 0) is 29.8 Å². The highest BCUT2D eigenvalue weighted by Gasteiger charge is 2.14. The Morgan fingerprint density at radius 3 is 2.65 bits per heavy atom. The molecule has 1 aromatic heterocycles. The summed E-state index contributed by atoms with van der Waals surface area (Å²) >= 11 is 0. The second-order valence-electron chi connectivity index (χ2n) is 5.23. The molecule has 4 nitrogen and oxygen atoms in total. The predicted octanol–water partition coefficient (Wildman–Crippen LogP) is 3.70. The van der Waals surface area contributed by atoms with Crippen molar-refractivity contribution in [3.63, 3.8) is 0 Å². The summed E-state index contributed by atoms with van der Waals surface area (Å²) < 4.78 is 20.5. The average molecular weight is 313 g/mol. The monoisotopic (exact) mass is 313 g/mol. The molecule has 0 fully saturated rings. The first kappa shape index (κ1) is 15.2. The average Bonchev–Trinajstić information content (AvgIpc) is 2.90. The second-order valence-corrected chi connectivity index (χ2v) is 5.23. The number of carboxylic acids is 1. The van der Waals surface area contributed by atoms with E-state index in [1.54, 1.807) is 10.6 Å². The normalized spacial score (nSPS) is 11.0. The molecular weight excluding hydrogens is 297 g/mol. The molecular formula is C18H16FNO3. The van der Waals surface area contributed by atoms with E-state index in [1.807, 2.05) is 30.3 Å². The van der Waals surface area contributed by atoms with Gasteiger partial charge in [0.05, 0.1) is 13.2 Å². The van der Waals surface area contributed by atoms with Crippen LogP contribution in [0, 0.1) is 5.82 Å². The number of hydrogen-bond acceptors (Lipinski definition) is 2. The van der Waals surface area contributed by atoms with Gasteiger partial charge in [-0.25, -0.2) is 9.18 Å². The summed E-state index contributed by atoms with van der Waals surface area (Å²) in [6.45, 7) is 1.23. The van der Waals surface area contributed by atoms with Crippen LogP contribution in [0.25, 0.3) is 10.9 Å². The molecule has 0 saturated heterocycles. The lowest BCUT2D eigenvalue weighted by atomic mass is 10.2. The molecule has 23 heavy (non-hydrogen) atoms. The molecule has 2 aromatic carbocycles. The zero-order valence-corrected chi connectivity index (χ0v) is 12.4. The minimum Gasteiger partial charge on any atom is -0.477 e. The van der Waals surface area contributed by atoms with E-state index >= 15 is 0 Å². The largest absolute Gasteiger partial charge is 0.477 e. The summed E-state index contributed by atoms with van der Waals surface area (Å²) in [4.78, 5) is 11.4. The lowest BCUT2D eigenvalue weighted by Gasteiger charge is -2.09. The minimum absolute atomic E-state index is 0.133. The van der Waals surface area contributed by atoms with Gasteiger partial charge >= 0.3 is 5.97 Å². The molecule has 1 N–H and O–H groups in total. The highest BCUT2D eigenvalue weighted by Crippen LogP contribution is 2.21. The lowest BCUT2D eigenvalue weighted by molar-refractivity contribution is 0.0679. The number of rotatable bonds is 6. The van der Waals surface area contributed by atoms with Crippen molar-refractivity contribution in [1.82, 2.24) is 4.57 Å². The van der Waals surface area contributed by atoms with Gasteiger partial charge in [0.25, 0.3) is 0 Å². The molecule has 3 rings (SSSR count). The number of benzene rings is 2. The molecule has 5 heteroatoms. The molecule has 3 aromatic rings. The van der Waals surface area contributed by atoms with E-state index in [0.29, 0.717) is 30.7 Å². The Kier molecular flexibility index (Phi) is 4.39. The fourth-order valence-electron chi connectivity index (χ4n) is 2.58. The van der Waals surface area contributed by atoms with Crippen molar-refractivity contribution in [3.05, 3.63) is 71.7 Å². The Labute approximate surface area is 132 Å². The smallest absolute Gasteiger partial charge is 0.352 e. The Hall–Kier alpha value is -2.66. The van der Waals surface area contributed by atoms with Gasteiger partial charge in [-0.2, -0.15) is 0 Å². The second kappa shape index (κ2) is 6.62. The van der Waals surface area contributed by atoms with Gasteiger partial charge in [-0.3, -0.25) is 0 Å². The third-order valence-electron chi connectivity index (χ3n) is 3.65. The zero-order chi connectivity index (χ0) is 16.2. The van der Waals surface area contributed by atoms with E-state index in [4.69, 9.17) is 4.74 Å². The van der Waals surface area contributed by atoms with Gasteiger partial charge in [0, 0.05) is 17.4 Å². The first-order valence-electron chi connectivity index (χ1n) is 7.29. The molecule has 0 aliphatic heterocycles. The van der Waals surface area contributed by atoms with Crippen molar-refractivity contribution in [2.45, 2.75) is 13.2 Å². The highest BCUT2D eigenvalue weighted by atomic mass is 19.1. The van der Waals surface area contributed by atoms with Crippen LogP contribution in [0.15, 0.2) is 54.6 Å². The van der Waals surface area contributed by atoms with Crippen molar-refractivity contribution < 1.29 is 19.0 Å². The number of ether oxygens (including phenoxy) is 1. The van der Waals surface area contributed by atoms with Gasteiger partial charge in [-0.1, -0.05) is 30.3 Å². The summed E-state index contributed by atoms with van der Waals surface area (Å²) in [5.41, 5.74) is 1.88. The van der Waals surface area contributed by atoms with Crippen molar-refractivity contribution in [3.8, 4) is 0 Å². The van der Waals surface area contributed by atoms with Gasteiger partial charge in [0.2, 0.25) is 0 Å². The van der Waals surface area contributed by atoms with Crippen molar-refractivity contribution in [1.29, 1.82) is 0 Å². The van der Waals surface area contributed by atoms with Crippen LogP contribution in [0.3, 0.4) is 0 Å². The summed E-state index contributed by atoms with van der Waals surface area (Å²) in [5, 5.41) is 9.89. The first-order chi connectivity index (χ1) is 11.1. The predicted molar refractivity (Wildman–Crippen MR) is 85.0 cm³/mol. The third kappa shape index (κ3) is 3.40. The van der Waals surface area contributed by atoms with Gasteiger partial charge in [0.15, 0.2) is 0 Å². The SMILES string of the molecule is O=C(O)c1cc2cc(F)ccc2n1CCOCc1ccccc1. The molecule has 0 amide bonds. The molecule has 0 unspecified atom stereocenters. The van der Waals surface area contributed by atoms with Crippen LogP contribution in [0.4, 0.5) is 4.39 Å². The summed E-state index contributed by atoms with van der Waals surface area (Å²) in [7, 11) is 0. The molecule has 1 heterocycles. The molecule has 118 valence electrons. The van der Waals surface area contributed by atoms with E-state index in [2.05, 4.69) is 0 Å². The Balaban J connectivity index is 1.74. The topological polar surface area (TPSA) is 51.5 Å². The minimum atomic E-state index is -1.04. The summed E-state index contributed by atoms with van der Waals surface area (Å²) in [6, 6.07) is 15.5. The molecule has 0 aliphatic carbocycles. The van der Waals surface area contributed by atoms with Crippen LogP contribution in [0.1, 0.15) is 16.1 Å². The van der Waals surface area contributed by atoms with Crippen LogP contribution in [-0.2, 0) is 17.9 Å². The van der Waals surface area contributed by atoms with Crippen molar-refractivity contribution in [2.75, 3.05) is 6.61 Å². The summed E-state index contributed by atoms with van der Waals surface area (Å²) in [5.74, 6) is -1.42. The number of aromatic nitrogens is 1. The van der Waals surface area contributed by atoms with Gasteiger partial charge in [-0.15, -0.1) is 0 Å². The van der Waals surface area contributed by atoms with Crippen molar-refractivity contribution in [2.24, 2.45) is 0 Å². The molecule has 0 bridgehead atoms. The number of nitrogens with zero attached hydrogens (tertiary/aromatic N) is 1. The standard InChI is InChI=1S/C18H16FNO3/c19-15-6-7-16-14(10-15)11-17(18(21)22)20(16)8-9-23-12-13-4-2-1-3-5-13/h1-7,10-11H,8-9,12H2,(H,21,22). The van der Waals surface area contributed by atoms with E-state index in [1.165, 1.54) is 18.2 Å². The molecule has 0 atom stereocenters. The summed E-state index contributed by atoms with van der Waals surface area (Å²) in [6.07, 6.45) is 0. The Morgan fingerprint density at radius 1 is 1.13 bits per heavy atom. The van der Waals surface area contributed by atoms with Crippen LogP contribution < -0.4 is 0 Å². The molecule has 0 aliphatic rings. The van der Waals surface area contributed by atoms with E-state index in [0.717, 1.165) is 5.56 Å². The number of carbonyl (C=O) groups is 1. The molecule has 0 spiro atoms. The van der Waals surface area contributed by atoms with Crippen LogP contribution in [0.5, 0.6) is 0 Å². The number of hydrogen-bond donors (Lipinski definition) is 1. The Morgan fingerprint density at radius 2 is 1.91 bits per heavy atom. The maximum Gasteiger partial charge on any atom is 0.352 e. The lowest BCUT2D eigenvalue weighted by Crippen LogP contribution is -2.12. The quantitative estimate of drug-likeness (QED) is 0.706. The number of aromatic carboxylic acids is 1. The highest BCUT2D eigenvalue weighted by molar-refractivity contribution is 5.94. The van der Waals surface area contributed by atoms with Crippen LogP contribution >= 0.6 is 0 Å². The van der Waals surface area contributed by atoms with E-state index < -0.39 is 5.97 Å². The fourth-order valence-corrected chi connectivity index (χ4v) is 2.58. The van der Waals surface area contributed by atoms with Crippen LogP contribution in [-0.4, -0.2) is 22.2 Å². The third-order valence-corrected chi connectivity index (χ3v) is 3.65. The molecule has 0 saturated carbocycles. The van der Waals surface area contributed by atoms with Crippen LogP contribution in [0.2, 0.25) is 0 Å². The first-order valence-corrected chi connectivity index (χ1v) is 7.29. The van der Waals surface area contributed by atoms with Crippen molar-refractivity contribution >= 4 is 16.9 Å². The fraction of sp³-hybridized carbons (Fsp3) is 0.167. The van der Waals surface area contributed by atoms with Gasteiger partial charge in [0.1, 0.15) is 11.5 Å². The number of carboxylic acid groups (broad SMARTS) is 1. The number of fused-ring (bicyclic) bond motifs is 1.